The number of hydrogen-bond donors (Lipinski definition) is 2. The molecule has 7 nitrogen and oxygen atoms in total. The van der Waals surface area contributed by atoms with Gasteiger partial charge in [0.05, 0.1) is 24.8 Å². The van der Waals surface area contributed by atoms with Crippen molar-refractivity contribution in [2.24, 2.45) is 5.92 Å². The van der Waals surface area contributed by atoms with Gasteiger partial charge in [-0.25, -0.2) is 0 Å². The number of carbonyl (C=O) groups is 3. The third-order valence-electron chi connectivity index (χ3n) is 5.64. The summed E-state index contributed by atoms with van der Waals surface area (Å²) in [6.07, 6.45) is 3.73. The van der Waals surface area contributed by atoms with Crippen LogP contribution >= 0.6 is 0 Å². The van der Waals surface area contributed by atoms with E-state index in [0.29, 0.717) is 18.0 Å². The number of piperazine rings is 1. The molecule has 0 aromatic heterocycles. The maximum absolute atomic E-state index is 13.0. The van der Waals surface area contributed by atoms with Crippen molar-refractivity contribution in [3.05, 3.63) is 24.3 Å². The van der Waals surface area contributed by atoms with Gasteiger partial charge in [0.2, 0.25) is 17.7 Å². The Morgan fingerprint density at radius 1 is 1.24 bits per heavy atom. The van der Waals surface area contributed by atoms with Crippen molar-refractivity contribution in [2.75, 3.05) is 11.9 Å². The Hall–Kier alpha value is -2.57. The molecule has 1 aromatic carbocycles. The van der Waals surface area contributed by atoms with Gasteiger partial charge in [-0.15, -0.1) is 0 Å². The molecule has 2 aliphatic rings. The average molecular weight is 402 g/mol. The van der Waals surface area contributed by atoms with E-state index in [1.54, 1.807) is 17.0 Å². The molecular formula is C22H31N3O4. The quantitative estimate of drug-likeness (QED) is 0.767. The number of nitrogens with zero attached hydrogens (tertiary/aromatic N) is 1. The monoisotopic (exact) mass is 401 g/mol. The number of anilines is 1. The molecule has 29 heavy (non-hydrogen) atoms. The smallest absolute Gasteiger partial charge is 0.243 e. The summed E-state index contributed by atoms with van der Waals surface area (Å²) >= 11 is 0. The zero-order valence-corrected chi connectivity index (χ0v) is 17.4. The molecule has 0 spiro atoms. The first-order chi connectivity index (χ1) is 13.9. The second-order valence-corrected chi connectivity index (χ2v) is 8.06. The molecule has 1 saturated heterocycles. The van der Waals surface area contributed by atoms with E-state index in [9.17, 15) is 14.4 Å². The van der Waals surface area contributed by atoms with Gasteiger partial charge in [0.1, 0.15) is 11.8 Å². The molecule has 0 bridgehead atoms. The minimum absolute atomic E-state index is 0.0167. The zero-order chi connectivity index (χ0) is 21.0. The minimum atomic E-state index is -0.788. The van der Waals surface area contributed by atoms with Crippen molar-refractivity contribution in [3.63, 3.8) is 0 Å². The highest BCUT2D eigenvalue weighted by molar-refractivity contribution is 5.98. The molecule has 3 atom stereocenters. The molecule has 2 N–H and O–H groups in total. The Balaban J connectivity index is 1.78. The maximum Gasteiger partial charge on any atom is 0.243 e. The number of ether oxygens (including phenoxy) is 1. The summed E-state index contributed by atoms with van der Waals surface area (Å²) in [5.41, 5.74) is 0.563. The fourth-order valence-electron chi connectivity index (χ4n) is 4.28. The van der Waals surface area contributed by atoms with E-state index in [2.05, 4.69) is 10.6 Å². The van der Waals surface area contributed by atoms with E-state index in [-0.39, 0.29) is 42.1 Å². The predicted molar refractivity (Wildman–Crippen MR) is 111 cm³/mol. The molecule has 1 aliphatic carbocycles. The summed E-state index contributed by atoms with van der Waals surface area (Å²) in [7, 11) is 0. The Kier molecular flexibility index (Phi) is 6.77. The molecule has 7 heteroatoms. The highest BCUT2D eigenvalue weighted by atomic mass is 16.5. The van der Waals surface area contributed by atoms with Crippen LogP contribution in [0.3, 0.4) is 0 Å². The van der Waals surface area contributed by atoms with Crippen molar-refractivity contribution < 1.29 is 19.1 Å². The van der Waals surface area contributed by atoms with Gasteiger partial charge < -0.3 is 20.3 Å². The van der Waals surface area contributed by atoms with Gasteiger partial charge in [-0.05, 0) is 31.9 Å². The topological polar surface area (TPSA) is 87.7 Å². The van der Waals surface area contributed by atoms with Crippen LogP contribution in [-0.4, -0.2) is 47.4 Å². The summed E-state index contributed by atoms with van der Waals surface area (Å²) in [5, 5.41) is 5.90. The molecule has 0 radical (unpaired) electrons. The molecule has 1 heterocycles. The third kappa shape index (κ3) is 4.71. The standard InChI is InChI=1S/C22H31N3O4/c1-4-29-19-12-8-6-10-16(19)23-20(26)13-18-21(27)24-15-9-5-7-11-17(15)25(18)22(28)14(2)3/h6,8,10,12,14-15,17-18H,4-5,7,9,11,13H2,1-3H3,(H,23,26)(H,24,27). The Bertz CT molecular complexity index is 764. The van der Waals surface area contributed by atoms with Crippen LogP contribution in [0.25, 0.3) is 0 Å². The van der Waals surface area contributed by atoms with Gasteiger partial charge in [-0.3, -0.25) is 14.4 Å². The van der Waals surface area contributed by atoms with Crippen molar-refractivity contribution >= 4 is 23.4 Å². The number of nitrogens with one attached hydrogen (secondary N) is 2. The Labute approximate surface area is 172 Å². The average Bonchev–Trinajstić information content (AvgIpc) is 2.69. The van der Waals surface area contributed by atoms with Crippen LogP contribution in [0.4, 0.5) is 5.69 Å². The van der Waals surface area contributed by atoms with Crippen LogP contribution in [0.5, 0.6) is 5.75 Å². The van der Waals surface area contributed by atoms with Gasteiger partial charge in [0, 0.05) is 12.0 Å². The highest BCUT2D eigenvalue weighted by Crippen LogP contribution is 2.31. The molecule has 158 valence electrons. The van der Waals surface area contributed by atoms with Crippen LogP contribution < -0.4 is 15.4 Å². The van der Waals surface area contributed by atoms with E-state index in [0.717, 1.165) is 25.7 Å². The number of para-hydroxylation sites is 2. The van der Waals surface area contributed by atoms with Crippen LogP contribution in [0.2, 0.25) is 0 Å². The summed E-state index contributed by atoms with van der Waals surface area (Å²) in [6.45, 7) is 6.03. The molecule has 1 saturated carbocycles. The van der Waals surface area contributed by atoms with Crippen LogP contribution in [0.1, 0.15) is 52.9 Å². The second kappa shape index (κ2) is 9.29. The van der Waals surface area contributed by atoms with E-state index in [1.807, 2.05) is 32.9 Å². The van der Waals surface area contributed by atoms with Gasteiger partial charge in [-0.2, -0.15) is 0 Å². The number of fused-ring (bicyclic) bond motifs is 1. The molecule has 2 fully saturated rings. The number of benzene rings is 1. The molecule has 3 rings (SSSR count). The van der Waals surface area contributed by atoms with Crippen molar-refractivity contribution in [2.45, 2.75) is 71.0 Å². The number of rotatable bonds is 6. The van der Waals surface area contributed by atoms with E-state index in [1.165, 1.54) is 0 Å². The van der Waals surface area contributed by atoms with Gasteiger partial charge in [0.25, 0.3) is 0 Å². The van der Waals surface area contributed by atoms with Gasteiger partial charge in [0.15, 0.2) is 0 Å². The SMILES string of the molecule is CCOc1ccccc1NC(=O)CC1C(=O)NC2CCCCC2N1C(=O)C(C)C. The third-order valence-corrected chi connectivity index (χ3v) is 5.64. The predicted octanol–water partition coefficient (Wildman–Crippen LogP) is 2.71. The number of amides is 3. The van der Waals surface area contributed by atoms with Crippen LogP contribution in [0, 0.1) is 5.92 Å². The Morgan fingerprint density at radius 3 is 2.69 bits per heavy atom. The van der Waals surface area contributed by atoms with Crippen molar-refractivity contribution in [1.29, 1.82) is 0 Å². The largest absolute Gasteiger partial charge is 0.492 e. The first-order valence-corrected chi connectivity index (χ1v) is 10.6. The van der Waals surface area contributed by atoms with Crippen molar-refractivity contribution in [1.82, 2.24) is 10.2 Å². The lowest BCUT2D eigenvalue weighted by atomic mass is 9.84. The summed E-state index contributed by atoms with van der Waals surface area (Å²) < 4.78 is 5.55. The van der Waals surface area contributed by atoms with E-state index >= 15 is 0 Å². The fourth-order valence-corrected chi connectivity index (χ4v) is 4.28. The number of carbonyl (C=O) groups excluding carboxylic acids is 3. The Morgan fingerprint density at radius 2 is 1.97 bits per heavy atom. The van der Waals surface area contributed by atoms with Gasteiger partial charge in [-0.1, -0.05) is 38.8 Å². The highest BCUT2D eigenvalue weighted by Gasteiger charge is 2.46. The fraction of sp³-hybridized carbons (Fsp3) is 0.591. The molecule has 3 amide bonds. The minimum Gasteiger partial charge on any atom is -0.492 e. The lowest BCUT2D eigenvalue weighted by molar-refractivity contribution is -0.154. The van der Waals surface area contributed by atoms with Gasteiger partial charge >= 0.3 is 0 Å². The second-order valence-electron chi connectivity index (χ2n) is 8.06. The molecule has 3 unspecified atom stereocenters. The first kappa shape index (κ1) is 21.1. The summed E-state index contributed by atoms with van der Waals surface area (Å²) in [5.74, 6) is -0.264. The number of hydrogen-bond acceptors (Lipinski definition) is 4. The van der Waals surface area contributed by atoms with Crippen LogP contribution in [0.15, 0.2) is 24.3 Å². The molecule has 1 aliphatic heterocycles. The van der Waals surface area contributed by atoms with E-state index < -0.39 is 6.04 Å². The first-order valence-electron chi connectivity index (χ1n) is 10.6. The zero-order valence-electron chi connectivity index (χ0n) is 17.4. The lowest BCUT2D eigenvalue weighted by Gasteiger charge is -2.48. The van der Waals surface area contributed by atoms with Crippen LogP contribution in [-0.2, 0) is 14.4 Å². The lowest BCUT2D eigenvalue weighted by Crippen LogP contribution is -2.68. The van der Waals surface area contributed by atoms with E-state index in [4.69, 9.17) is 4.74 Å². The van der Waals surface area contributed by atoms with Crippen molar-refractivity contribution in [3.8, 4) is 5.75 Å². The summed E-state index contributed by atoms with van der Waals surface area (Å²) in [6, 6.07) is 6.35. The normalized spacial score (nSPS) is 23.9. The summed E-state index contributed by atoms with van der Waals surface area (Å²) in [4.78, 5) is 40.3. The maximum atomic E-state index is 13.0. The molecular weight excluding hydrogens is 370 g/mol. The molecule has 1 aromatic rings.